The lowest BCUT2D eigenvalue weighted by atomic mass is 10.1. The SMILES string of the molecule is Cc1cc(-c2c(C)nc(C)nc2C)nc(C)n1. The highest BCUT2D eigenvalue weighted by Gasteiger charge is 2.11. The smallest absolute Gasteiger partial charge is 0.126 e. The maximum atomic E-state index is 4.46. The normalized spacial score (nSPS) is 10.6. The Balaban J connectivity index is 2.68. The van der Waals surface area contributed by atoms with Gasteiger partial charge < -0.3 is 0 Å². The molecule has 0 N–H and O–H groups in total. The van der Waals surface area contributed by atoms with Crippen molar-refractivity contribution in [1.29, 1.82) is 0 Å². The van der Waals surface area contributed by atoms with Gasteiger partial charge in [0, 0.05) is 11.3 Å². The summed E-state index contributed by atoms with van der Waals surface area (Å²) in [5, 5.41) is 0. The van der Waals surface area contributed by atoms with Gasteiger partial charge in [-0.2, -0.15) is 0 Å². The van der Waals surface area contributed by atoms with E-state index in [2.05, 4.69) is 19.9 Å². The number of nitrogens with zero attached hydrogens (tertiary/aromatic N) is 4. The summed E-state index contributed by atoms with van der Waals surface area (Å²) in [6.45, 7) is 9.75. The Morgan fingerprint density at radius 1 is 0.706 bits per heavy atom. The summed E-state index contributed by atoms with van der Waals surface area (Å²) >= 11 is 0. The van der Waals surface area contributed by atoms with Crippen molar-refractivity contribution in [3.8, 4) is 11.3 Å². The van der Waals surface area contributed by atoms with E-state index < -0.39 is 0 Å². The van der Waals surface area contributed by atoms with Crippen LogP contribution in [0.5, 0.6) is 0 Å². The minimum atomic E-state index is 0.777. The van der Waals surface area contributed by atoms with Gasteiger partial charge in [-0.1, -0.05) is 0 Å². The summed E-state index contributed by atoms with van der Waals surface area (Å²) in [6, 6.07) is 1.97. The lowest BCUT2D eigenvalue weighted by Crippen LogP contribution is -2.02. The summed E-state index contributed by atoms with van der Waals surface area (Å²) in [5.74, 6) is 1.57. The molecule has 0 aliphatic carbocycles. The zero-order valence-corrected chi connectivity index (χ0v) is 10.9. The van der Waals surface area contributed by atoms with Crippen LogP contribution < -0.4 is 0 Å². The van der Waals surface area contributed by atoms with E-state index in [4.69, 9.17) is 0 Å². The molecule has 0 aromatic carbocycles. The maximum absolute atomic E-state index is 4.46. The molecule has 2 heterocycles. The van der Waals surface area contributed by atoms with Gasteiger partial charge in [0.2, 0.25) is 0 Å². The van der Waals surface area contributed by atoms with Crippen LogP contribution in [0.15, 0.2) is 6.07 Å². The van der Waals surface area contributed by atoms with Gasteiger partial charge >= 0.3 is 0 Å². The monoisotopic (exact) mass is 228 g/mol. The molecule has 0 fully saturated rings. The molecule has 2 rings (SSSR count). The highest BCUT2D eigenvalue weighted by molar-refractivity contribution is 5.64. The fourth-order valence-electron chi connectivity index (χ4n) is 2.10. The van der Waals surface area contributed by atoms with Gasteiger partial charge in [0.1, 0.15) is 11.6 Å². The van der Waals surface area contributed by atoms with Crippen LogP contribution in [0.2, 0.25) is 0 Å². The first-order valence-electron chi connectivity index (χ1n) is 5.62. The maximum Gasteiger partial charge on any atom is 0.126 e. The number of aromatic nitrogens is 4. The lowest BCUT2D eigenvalue weighted by molar-refractivity contribution is 0.963. The molecule has 0 saturated carbocycles. The second kappa shape index (κ2) is 4.20. The van der Waals surface area contributed by atoms with E-state index in [1.807, 2.05) is 40.7 Å². The molecular weight excluding hydrogens is 212 g/mol. The molecule has 4 heteroatoms. The van der Waals surface area contributed by atoms with Crippen LogP contribution in [0.25, 0.3) is 11.3 Å². The molecule has 0 aliphatic rings. The van der Waals surface area contributed by atoms with Gasteiger partial charge in [-0.3, -0.25) is 0 Å². The van der Waals surface area contributed by atoms with Crippen molar-refractivity contribution in [3.63, 3.8) is 0 Å². The average Bonchev–Trinajstić information content (AvgIpc) is 2.13. The van der Waals surface area contributed by atoms with E-state index in [1.165, 1.54) is 0 Å². The van der Waals surface area contributed by atoms with E-state index in [0.717, 1.165) is 40.0 Å². The third-order valence-electron chi connectivity index (χ3n) is 2.60. The topological polar surface area (TPSA) is 51.6 Å². The predicted octanol–water partition coefficient (Wildman–Crippen LogP) is 2.48. The molecule has 0 atom stereocenters. The second-order valence-electron chi connectivity index (χ2n) is 4.26. The van der Waals surface area contributed by atoms with Crippen molar-refractivity contribution in [2.75, 3.05) is 0 Å². The fourth-order valence-corrected chi connectivity index (χ4v) is 2.10. The van der Waals surface area contributed by atoms with E-state index in [9.17, 15) is 0 Å². The predicted molar refractivity (Wildman–Crippen MR) is 66.7 cm³/mol. The zero-order chi connectivity index (χ0) is 12.6. The summed E-state index contributed by atoms with van der Waals surface area (Å²) in [7, 11) is 0. The molecule has 0 amide bonds. The molecule has 0 saturated heterocycles. The summed E-state index contributed by atoms with van der Waals surface area (Å²) in [6.07, 6.45) is 0. The van der Waals surface area contributed by atoms with Crippen LogP contribution in [0.4, 0.5) is 0 Å². The molecule has 2 aromatic heterocycles. The molecule has 0 unspecified atom stereocenters. The standard InChI is InChI=1S/C13H16N4/c1-7-6-12(17-10(4)14-7)13-8(2)15-11(5)16-9(13)3/h6H,1-5H3. The molecule has 0 bridgehead atoms. The minimum Gasteiger partial charge on any atom is -0.239 e. The van der Waals surface area contributed by atoms with E-state index in [-0.39, 0.29) is 0 Å². The van der Waals surface area contributed by atoms with Crippen LogP contribution in [0, 0.1) is 34.6 Å². The third kappa shape index (κ3) is 2.30. The molecule has 0 aliphatic heterocycles. The zero-order valence-electron chi connectivity index (χ0n) is 10.9. The summed E-state index contributed by atoms with van der Waals surface area (Å²) < 4.78 is 0. The van der Waals surface area contributed by atoms with Crippen molar-refractivity contribution < 1.29 is 0 Å². The Hall–Kier alpha value is -1.84. The van der Waals surface area contributed by atoms with Gasteiger partial charge in [-0.25, -0.2) is 19.9 Å². The second-order valence-corrected chi connectivity index (χ2v) is 4.26. The molecule has 0 radical (unpaired) electrons. The molecule has 2 aromatic rings. The molecular formula is C13H16N4. The summed E-state index contributed by atoms with van der Waals surface area (Å²) in [5.41, 5.74) is 4.82. The first-order valence-corrected chi connectivity index (χ1v) is 5.62. The highest BCUT2D eigenvalue weighted by Crippen LogP contribution is 2.23. The van der Waals surface area contributed by atoms with Crippen molar-refractivity contribution in [1.82, 2.24) is 19.9 Å². The van der Waals surface area contributed by atoms with Gasteiger partial charge in [0.15, 0.2) is 0 Å². The fraction of sp³-hybridized carbons (Fsp3) is 0.385. The molecule has 4 nitrogen and oxygen atoms in total. The van der Waals surface area contributed by atoms with Crippen LogP contribution in [0.1, 0.15) is 28.7 Å². The van der Waals surface area contributed by atoms with Crippen molar-refractivity contribution in [2.24, 2.45) is 0 Å². The number of aryl methyl sites for hydroxylation is 5. The first kappa shape index (κ1) is 11.6. The van der Waals surface area contributed by atoms with Crippen LogP contribution in [-0.2, 0) is 0 Å². The van der Waals surface area contributed by atoms with Gasteiger partial charge in [-0.15, -0.1) is 0 Å². The Kier molecular flexibility index (Phi) is 2.88. The lowest BCUT2D eigenvalue weighted by Gasteiger charge is -2.10. The van der Waals surface area contributed by atoms with Crippen LogP contribution >= 0.6 is 0 Å². The van der Waals surface area contributed by atoms with Crippen molar-refractivity contribution in [3.05, 3.63) is 34.8 Å². The third-order valence-corrected chi connectivity index (χ3v) is 2.60. The quantitative estimate of drug-likeness (QED) is 0.752. The van der Waals surface area contributed by atoms with Crippen LogP contribution in [0.3, 0.4) is 0 Å². The average molecular weight is 228 g/mol. The first-order chi connectivity index (χ1) is 7.97. The van der Waals surface area contributed by atoms with Gasteiger partial charge in [-0.05, 0) is 40.7 Å². The Morgan fingerprint density at radius 2 is 1.24 bits per heavy atom. The molecule has 17 heavy (non-hydrogen) atoms. The number of rotatable bonds is 1. The Labute approximate surface area is 101 Å². The van der Waals surface area contributed by atoms with E-state index in [0.29, 0.717) is 0 Å². The summed E-state index contributed by atoms with van der Waals surface area (Å²) in [4.78, 5) is 17.5. The van der Waals surface area contributed by atoms with Crippen molar-refractivity contribution >= 4 is 0 Å². The van der Waals surface area contributed by atoms with Gasteiger partial charge in [0.25, 0.3) is 0 Å². The van der Waals surface area contributed by atoms with E-state index >= 15 is 0 Å². The van der Waals surface area contributed by atoms with Crippen molar-refractivity contribution in [2.45, 2.75) is 34.6 Å². The Morgan fingerprint density at radius 3 is 1.76 bits per heavy atom. The minimum absolute atomic E-state index is 0.777. The van der Waals surface area contributed by atoms with E-state index in [1.54, 1.807) is 0 Å². The van der Waals surface area contributed by atoms with Crippen LogP contribution in [-0.4, -0.2) is 19.9 Å². The number of hydrogen-bond donors (Lipinski definition) is 0. The largest absolute Gasteiger partial charge is 0.239 e. The molecule has 88 valence electrons. The highest BCUT2D eigenvalue weighted by atomic mass is 14.9. The van der Waals surface area contributed by atoms with Gasteiger partial charge in [0.05, 0.1) is 17.1 Å². The molecule has 0 spiro atoms. The number of hydrogen-bond acceptors (Lipinski definition) is 4. The Bertz CT molecular complexity index is 532.